The van der Waals surface area contributed by atoms with Crippen molar-refractivity contribution < 1.29 is 4.79 Å². The Morgan fingerprint density at radius 3 is 2.82 bits per heavy atom. The number of carbonyl (C=O) groups excluding carboxylic acids is 1. The highest BCUT2D eigenvalue weighted by Crippen LogP contribution is 2.16. The zero-order valence-electron chi connectivity index (χ0n) is 10.3. The molecular weight excluding hydrogens is 280 g/mol. The minimum Gasteiger partial charge on any atom is -0.352 e. The van der Waals surface area contributed by atoms with Crippen LogP contribution < -0.4 is 11.1 Å². The van der Waals surface area contributed by atoms with Crippen LogP contribution >= 0.6 is 15.9 Å². The maximum atomic E-state index is 11.8. The van der Waals surface area contributed by atoms with E-state index in [1.165, 1.54) is 5.56 Å². The quantitative estimate of drug-likeness (QED) is 0.877. The lowest BCUT2D eigenvalue weighted by Gasteiger charge is -2.13. The number of carbonyl (C=O) groups is 1. The highest BCUT2D eigenvalue weighted by atomic mass is 79.9. The minimum absolute atomic E-state index is 0.0365. The van der Waals surface area contributed by atoms with Gasteiger partial charge in [0.15, 0.2) is 0 Å². The van der Waals surface area contributed by atoms with Crippen LogP contribution in [-0.2, 0) is 11.3 Å². The van der Waals surface area contributed by atoms with E-state index in [0.29, 0.717) is 13.1 Å². The van der Waals surface area contributed by atoms with E-state index in [-0.39, 0.29) is 11.8 Å². The fourth-order valence-corrected chi connectivity index (χ4v) is 2.02. The Labute approximate surface area is 111 Å². The average molecular weight is 299 g/mol. The van der Waals surface area contributed by atoms with Gasteiger partial charge in [-0.25, -0.2) is 0 Å². The van der Waals surface area contributed by atoms with Crippen molar-refractivity contribution in [1.82, 2.24) is 5.32 Å². The van der Waals surface area contributed by atoms with Gasteiger partial charge in [0, 0.05) is 23.5 Å². The first-order chi connectivity index (χ1) is 8.08. The summed E-state index contributed by atoms with van der Waals surface area (Å²) < 4.78 is 1.03. The lowest BCUT2D eigenvalue weighted by atomic mass is 10.1. The zero-order valence-corrected chi connectivity index (χ0v) is 11.9. The summed E-state index contributed by atoms with van der Waals surface area (Å²) in [6.07, 6.45) is 0.778. The molecule has 1 amide bonds. The predicted octanol–water partition coefficient (Wildman–Crippen LogP) is 2.36. The molecule has 0 saturated carbocycles. The Morgan fingerprint density at radius 1 is 1.53 bits per heavy atom. The van der Waals surface area contributed by atoms with E-state index in [0.717, 1.165) is 16.5 Å². The van der Waals surface area contributed by atoms with Crippen molar-refractivity contribution in [2.24, 2.45) is 11.7 Å². The molecule has 1 aromatic carbocycles. The normalized spacial score (nSPS) is 12.2. The predicted molar refractivity (Wildman–Crippen MR) is 73.6 cm³/mol. The Kier molecular flexibility index (Phi) is 5.65. The van der Waals surface area contributed by atoms with Gasteiger partial charge in [0.25, 0.3) is 0 Å². The van der Waals surface area contributed by atoms with Crippen LogP contribution in [0.4, 0.5) is 0 Å². The van der Waals surface area contributed by atoms with Gasteiger partial charge in [-0.05, 0) is 36.6 Å². The summed E-state index contributed by atoms with van der Waals surface area (Å²) in [6.45, 7) is 4.97. The Hall–Kier alpha value is -0.870. The molecule has 0 spiro atoms. The van der Waals surface area contributed by atoms with E-state index in [2.05, 4.69) is 21.2 Å². The minimum atomic E-state index is -0.0811. The maximum absolute atomic E-state index is 11.8. The molecule has 1 atom stereocenters. The highest BCUT2D eigenvalue weighted by Gasteiger charge is 2.13. The monoisotopic (exact) mass is 298 g/mol. The van der Waals surface area contributed by atoms with Crippen molar-refractivity contribution >= 4 is 21.8 Å². The molecule has 0 bridgehead atoms. The van der Waals surface area contributed by atoms with Crippen LogP contribution in [0.25, 0.3) is 0 Å². The van der Waals surface area contributed by atoms with Crippen LogP contribution in [0.1, 0.15) is 24.5 Å². The third kappa shape index (κ3) is 4.13. The summed E-state index contributed by atoms with van der Waals surface area (Å²) in [5.41, 5.74) is 7.84. The molecule has 0 heterocycles. The average Bonchev–Trinajstić information content (AvgIpc) is 2.32. The largest absolute Gasteiger partial charge is 0.352 e. The van der Waals surface area contributed by atoms with Gasteiger partial charge in [-0.2, -0.15) is 0 Å². The number of hydrogen-bond donors (Lipinski definition) is 2. The number of rotatable bonds is 5. The Morgan fingerprint density at radius 2 is 2.24 bits per heavy atom. The topological polar surface area (TPSA) is 55.1 Å². The second-order valence-electron chi connectivity index (χ2n) is 4.13. The van der Waals surface area contributed by atoms with Crippen molar-refractivity contribution in [2.75, 3.05) is 6.54 Å². The summed E-state index contributed by atoms with van der Waals surface area (Å²) in [7, 11) is 0. The molecule has 0 fully saturated rings. The van der Waals surface area contributed by atoms with Crippen molar-refractivity contribution in [3.05, 3.63) is 33.8 Å². The molecule has 3 nitrogen and oxygen atoms in total. The second-order valence-corrected chi connectivity index (χ2v) is 5.05. The first-order valence-electron chi connectivity index (χ1n) is 5.81. The third-order valence-corrected chi connectivity index (χ3v) is 3.41. The zero-order chi connectivity index (χ0) is 12.8. The lowest BCUT2D eigenvalue weighted by molar-refractivity contribution is -0.124. The fourth-order valence-electron chi connectivity index (χ4n) is 1.62. The van der Waals surface area contributed by atoms with Gasteiger partial charge < -0.3 is 11.1 Å². The fraction of sp³-hybridized carbons (Fsp3) is 0.462. The molecule has 1 rings (SSSR count). The van der Waals surface area contributed by atoms with Crippen molar-refractivity contribution in [1.29, 1.82) is 0 Å². The molecule has 1 unspecified atom stereocenters. The van der Waals surface area contributed by atoms with E-state index in [1.807, 2.05) is 32.0 Å². The number of halogens is 1. The van der Waals surface area contributed by atoms with Crippen molar-refractivity contribution in [2.45, 2.75) is 26.8 Å². The van der Waals surface area contributed by atoms with Crippen LogP contribution in [0.5, 0.6) is 0 Å². The molecule has 17 heavy (non-hydrogen) atoms. The van der Waals surface area contributed by atoms with Crippen LogP contribution in [0, 0.1) is 12.8 Å². The third-order valence-electron chi connectivity index (χ3n) is 2.91. The van der Waals surface area contributed by atoms with Crippen molar-refractivity contribution in [3.8, 4) is 0 Å². The number of nitrogens with one attached hydrogen (secondary N) is 1. The second kappa shape index (κ2) is 6.77. The first-order valence-corrected chi connectivity index (χ1v) is 6.60. The molecule has 0 aliphatic carbocycles. The van der Waals surface area contributed by atoms with E-state index >= 15 is 0 Å². The highest BCUT2D eigenvalue weighted by molar-refractivity contribution is 9.10. The molecule has 94 valence electrons. The summed E-state index contributed by atoms with van der Waals surface area (Å²) in [6, 6.07) is 6.06. The molecule has 0 saturated heterocycles. The molecule has 0 aliphatic rings. The van der Waals surface area contributed by atoms with Crippen molar-refractivity contribution in [3.63, 3.8) is 0 Å². The maximum Gasteiger partial charge on any atom is 0.224 e. The van der Waals surface area contributed by atoms with Gasteiger partial charge >= 0.3 is 0 Å². The summed E-state index contributed by atoms with van der Waals surface area (Å²) in [5.74, 6) is -0.0446. The van der Waals surface area contributed by atoms with Crippen LogP contribution in [0.15, 0.2) is 22.7 Å². The van der Waals surface area contributed by atoms with Crippen LogP contribution in [0.2, 0.25) is 0 Å². The van der Waals surface area contributed by atoms with Gasteiger partial charge in [0.1, 0.15) is 0 Å². The smallest absolute Gasteiger partial charge is 0.224 e. The molecule has 4 heteroatoms. The van der Waals surface area contributed by atoms with E-state index in [4.69, 9.17) is 5.73 Å². The standard InChI is InChI=1S/C13H19BrN2O/c1-3-10(7-15)13(17)16-8-11-6-12(14)5-4-9(11)2/h4-6,10H,3,7-8,15H2,1-2H3,(H,16,17). The van der Waals surface area contributed by atoms with Gasteiger partial charge in [0.05, 0.1) is 0 Å². The molecule has 0 aromatic heterocycles. The Bertz CT molecular complexity index is 389. The molecule has 0 aliphatic heterocycles. The van der Waals surface area contributed by atoms with E-state index < -0.39 is 0 Å². The van der Waals surface area contributed by atoms with Gasteiger partial charge in [0.2, 0.25) is 5.91 Å². The van der Waals surface area contributed by atoms with Crippen LogP contribution in [0.3, 0.4) is 0 Å². The molecular formula is C13H19BrN2O. The number of nitrogens with two attached hydrogens (primary N) is 1. The molecule has 0 radical (unpaired) electrons. The Balaban J connectivity index is 2.61. The summed E-state index contributed by atoms with van der Waals surface area (Å²) >= 11 is 3.43. The van der Waals surface area contributed by atoms with E-state index in [1.54, 1.807) is 0 Å². The number of aryl methyl sites for hydroxylation is 1. The number of hydrogen-bond acceptors (Lipinski definition) is 2. The first kappa shape index (κ1) is 14.2. The van der Waals surface area contributed by atoms with Crippen LogP contribution in [-0.4, -0.2) is 12.5 Å². The summed E-state index contributed by atoms with van der Waals surface area (Å²) in [4.78, 5) is 11.8. The number of amides is 1. The molecule has 1 aromatic rings. The summed E-state index contributed by atoms with van der Waals surface area (Å²) in [5, 5.41) is 2.93. The SMILES string of the molecule is CCC(CN)C(=O)NCc1cc(Br)ccc1C. The van der Waals surface area contributed by atoms with Gasteiger partial charge in [-0.3, -0.25) is 4.79 Å². The number of benzene rings is 1. The van der Waals surface area contributed by atoms with Gasteiger partial charge in [-0.15, -0.1) is 0 Å². The molecule has 3 N–H and O–H groups in total. The van der Waals surface area contributed by atoms with E-state index in [9.17, 15) is 4.79 Å². The van der Waals surface area contributed by atoms with Gasteiger partial charge in [-0.1, -0.05) is 28.9 Å². The lowest BCUT2D eigenvalue weighted by Crippen LogP contribution is -2.34.